The third kappa shape index (κ3) is 3.91. The molecular formula is C21H19F2N5O2. The maximum absolute atomic E-state index is 14.1. The summed E-state index contributed by atoms with van der Waals surface area (Å²) in [6.45, 7) is 3.99. The van der Waals surface area contributed by atoms with Gasteiger partial charge in [-0.1, -0.05) is 12.1 Å². The smallest absolute Gasteiger partial charge is 0.415 e. The van der Waals surface area contributed by atoms with Crippen molar-refractivity contribution in [3.8, 4) is 11.1 Å². The van der Waals surface area contributed by atoms with Gasteiger partial charge in [-0.25, -0.2) is 18.6 Å². The number of hydrogen-bond acceptors (Lipinski definition) is 6. The number of benzene rings is 1. The summed E-state index contributed by atoms with van der Waals surface area (Å²) in [6, 6.07) is 8.36. The average molecular weight is 411 g/mol. The molecule has 0 saturated carbocycles. The number of ether oxygens (including phenoxy) is 1. The molecule has 1 saturated heterocycles. The molecule has 0 bridgehead atoms. The Morgan fingerprint density at radius 2 is 1.90 bits per heavy atom. The van der Waals surface area contributed by atoms with E-state index < -0.39 is 11.9 Å². The molecule has 0 spiro atoms. The third-order valence-corrected chi connectivity index (χ3v) is 4.81. The van der Waals surface area contributed by atoms with Gasteiger partial charge in [-0.05, 0) is 43.2 Å². The molecule has 1 amide bonds. The van der Waals surface area contributed by atoms with E-state index in [1.807, 2.05) is 19.1 Å². The second-order valence-electron chi connectivity index (χ2n) is 6.93. The van der Waals surface area contributed by atoms with Gasteiger partial charge in [0.1, 0.15) is 12.4 Å². The van der Waals surface area contributed by atoms with Crippen molar-refractivity contribution < 1.29 is 18.3 Å². The zero-order valence-electron chi connectivity index (χ0n) is 16.4. The van der Waals surface area contributed by atoms with Gasteiger partial charge in [0.05, 0.1) is 24.5 Å². The molecule has 0 aliphatic carbocycles. The summed E-state index contributed by atoms with van der Waals surface area (Å²) in [5, 5.41) is 3.06. The van der Waals surface area contributed by atoms with Crippen molar-refractivity contribution in [2.24, 2.45) is 0 Å². The number of halogens is 2. The van der Waals surface area contributed by atoms with Crippen molar-refractivity contribution in [2.45, 2.75) is 19.9 Å². The Bertz CT molecular complexity index is 1090. The molecule has 1 fully saturated rings. The minimum Gasteiger partial charge on any atom is -0.447 e. The van der Waals surface area contributed by atoms with E-state index in [0.717, 1.165) is 22.2 Å². The summed E-state index contributed by atoms with van der Waals surface area (Å²) in [5.74, 6) is -0.915. The van der Waals surface area contributed by atoms with Crippen LogP contribution < -0.4 is 10.2 Å². The van der Waals surface area contributed by atoms with Gasteiger partial charge < -0.3 is 10.1 Å². The third-order valence-electron chi connectivity index (χ3n) is 4.81. The molecule has 7 nitrogen and oxygen atoms in total. The Morgan fingerprint density at radius 3 is 2.57 bits per heavy atom. The van der Waals surface area contributed by atoms with E-state index in [4.69, 9.17) is 4.74 Å². The number of hydrogen-bond donors (Lipinski definition) is 1. The van der Waals surface area contributed by atoms with Gasteiger partial charge in [0.25, 0.3) is 0 Å². The molecule has 1 aliphatic rings. The summed E-state index contributed by atoms with van der Waals surface area (Å²) < 4.78 is 32.4. The number of pyridine rings is 1. The zero-order valence-corrected chi connectivity index (χ0v) is 16.4. The van der Waals surface area contributed by atoms with Crippen molar-refractivity contribution in [1.29, 1.82) is 0 Å². The van der Waals surface area contributed by atoms with E-state index in [9.17, 15) is 13.6 Å². The minimum atomic E-state index is -0.705. The van der Waals surface area contributed by atoms with E-state index in [2.05, 4.69) is 20.3 Å². The topological polar surface area (TPSA) is 80.2 Å². The van der Waals surface area contributed by atoms with Crippen LogP contribution in [0.4, 0.5) is 25.3 Å². The fourth-order valence-electron chi connectivity index (χ4n) is 3.13. The number of aromatic nitrogens is 3. The van der Waals surface area contributed by atoms with Gasteiger partial charge in [0.15, 0.2) is 11.6 Å². The van der Waals surface area contributed by atoms with Gasteiger partial charge in [0, 0.05) is 11.8 Å². The average Bonchev–Trinajstić information content (AvgIpc) is 3.17. The van der Waals surface area contributed by atoms with Gasteiger partial charge >= 0.3 is 6.09 Å². The molecule has 1 unspecified atom stereocenters. The first-order chi connectivity index (χ1) is 14.4. The lowest BCUT2D eigenvalue weighted by atomic mass is 10.0. The van der Waals surface area contributed by atoms with E-state index in [0.29, 0.717) is 11.3 Å². The van der Waals surface area contributed by atoms with Crippen LogP contribution in [-0.2, 0) is 4.74 Å². The highest BCUT2D eigenvalue weighted by Crippen LogP contribution is 2.25. The fourth-order valence-corrected chi connectivity index (χ4v) is 3.13. The predicted octanol–water partition coefficient (Wildman–Crippen LogP) is 4.25. The largest absolute Gasteiger partial charge is 0.447 e. The molecule has 154 valence electrons. The van der Waals surface area contributed by atoms with Crippen LogP contribution in [0, 0.1) is 18.6 Å². The number of aryl methyl sites for hydroxylation is 1. The van der Waals surface area contributed by atoms with Crippen molar-refractivity contribution >= 4 is 17.9 Å². The Morgan fingerprint density at radius 1 is 1.10 bits per heavy atom. The van der Waals surface area contributed by atoms with Crippen LogP contribution in [0.15, 0.2) is 42.7 Å². The molecule has 2 aromatic heterocycles. The SMILES string of the molecule is Cc1cc(-c2ccc(C(C)Nc3ncc(F)c(N4CCOC4=O)n3)nc2)ccc1F. The Kier molecular flexibility index (Phi) is 5.26. The first-order valence-electron chi connectivity index (χ1n) is 9.38. The van der Waals surface area contributed by atoms with E-state index in [1.54, 1.807) is 25.3 Å². The molecule has 1 aromatic carbocycles. The molecule has 0 radical (unpaired) electrons. The van der Waals surface area contributed by atoms with Gasteiger partial charge in [-0.3, -0.25) is 9.88 Å². The maximum Gasteiger partial charge on any atom is 0.415 e. The predicted molar refractivity (Wildman–Crippen MR) is 107 cm³/mol. The van der Waals surface area contributed by atoms with Gasteiger partial charge in [-0.15, -0.1) is 0 Å². The number of cyclic esters (lactones) is 1. The van der Waals surface area contributed by atoms with Crippen LogP contribution in [0.5, 0.6) is 0 Å². The molecule has 1 aliphatic heterocycles. The Balaban J connectivity index is 1.50. The number of anilines is 2. The maximum atomic E-state index is 14.1. The van der Waals surface area contributed by atoms with E-state index >= 15 is 0 Å². The summed E-state index contributed by atoms with van der Waals surface area (Å²) >= 11 is 0. The number of nitrogens with zero attached hydrogens (tertiary/aromatic N) is 4. The Labute approximate surface area is 171 Å². The van der Waals surface area contributed by atoms with E-state index in [1.165, 1.54) is 6.07 Å². The van der Waals surface area contributed by atoms with E-state index in [-0.39, 0.29) is 36.8 Å². The second-order valence-corrected chi connectivity index (χ2v) is 6.93. The van der Waals surface area contributed by atoms with Gasteiger partial charge in [-0.2, -0.15) is 4.98 Å². The van der Waals surface area contributed by atoms with Crippen molar-refractivity contribution in [2.75, 3.05) is 23.4 Å². The zero-order chi connectivity index (χ0) is 21.3. The van der Waals surface area contributed by atoms with Crippen molar-refractivity contribution in [3.63, 3.8) is 0 Å². The van der Waals surface area contributed by atoms with Crippen LogP contribution >= 0.6 is 0 Å². The molecular weight excluding hydrogens is 392 g/mol. The number of carbonyl (C=O) groups excluding carboxylic acids is 1. The molecule has 4 rings (SSSR count). The van der Waals surface area contributed by atoms with Crippen LogP contribution in [0.25, 0.3) is 11.1 Å². The monoisotopic (exact) mass is 411 g/mol. The number of nitrogens with one attached hydrogen (secondary N) is 1. The summed E-state index contributed by atoms with van der Waals surface area (Å²) in [4.78, 5) is 25.4. The molecule has 1 N–H and O–H groups in total. The standard InChI is InChI=1S/C21H19F2N5O2/c1-12-9-14(3-5-16(12)22)15-4-6-18(24-10-15)13(2)26-20-25-11-17(23)19(27-20)28-7-8-30-21(28)29/h3-6,9-11,13H,7-8H2,1-2H3,(H,25,26,27). The van der Waals surface area contributed by atoms with Crippen LogP contribution in [0.2, 0.25) is 0 Å². The van der Waals surface area contributed by atoms with Gasteiger partial charge in [0.2, 0.25) is 5.95 Å². The molecule has 30 heavy (non-hydrogen) atoms. The summed E-state index contributed by atoms with van der Waals surface area (Å²) in [5.41, 5.74) is 3.02. The highest BCUT2D eigenvalue weighted by atomic mass is 19.1. The molecule has 3 heterocycles. The second kappa shape index (κ2) is 8.02. The highest BCUT2D eigenvalue weighted by Gasteiger charge is 2.28. The fraction of sp³-hybridized carbons (Fsp3) is 0.238. The minimum absolute atomic E-state index is 0.128. The summed E-state index contributed by atoms with van der Waals surface area (Å²) in [7, 11) is 0. The van der Waals surface area contributed by atoms with Crippen molar-refractivity contribution in [1.82, 2.24) is 15.0 Å². The number of amides is 1. The normalized spacial score (nSPS) is 14.5. The van der Waals surface area contributed by atoms with Crippen LogP contribution in [-0.4, -0.2) is 34.2 Å². The number of carbonyl (C=O) groups is 1. The first kappa shape index (κ1) is 19.7. The molecule has 9 heteroatoms. The molecule has 1 atom stereocenters. The summed E-state index contributed by atoms with van der Waals surface area (Å²) in [6.07, 6.45) is 2.08. The van der Waals surface area contributed by atoms with Crippen LogP contribution in [0.3, 0.4) is 0 Å². The number of rotatable bonds is 5. The first-order valence-corrected chi connectivity index (χ1v) is 9.38. The lowest BCUT2D eigenvalue weighted by Crippen LogP contribution is -2.26. The lowest BCUT2D eigenvalue weighted by molar-refractivity contribution is 0.181. The Hall–Kier alpha value is -3.62. The van der Waals surface area contributed by atoms with Crippen molar-refractivity contribution in [3.05, 3.63) is 65.6 Å². The highest BCUT2D eigenvalue weighted by molar-refractivity contribution is 5.88. The lowest BCUT2D eigenvalue weighted by Gasteiger charge is -2.16. The molecule has 3 aromatic rings. The van der Waals surface area contributed by atoms with Crippen LogP contribution in [0.1, 0.15) is 24.2 Å². The quantitative estimate of drug-likeness (QED) is 0.676.